The third-order valence-corrected chi connectivity index (χ3v) is 9.52. The second-order valence-electron chi connectivity index (χ2n) is 12.3. The Kier molecular flexibility index (Phi) is 7.21. The van der Waals surface area contributed by atoms with Crippen molar-refractivity contribution in [2.75, 3.05) is 0 Å². The topological polar surface area (TPSA) is 38.7 Å². The molecule has 0 N–H and O–H groups in total. The van der Waals surface area contributed by atoms with Crippen LogP contribution in [0.3, 0.4) is 0 Å². The van der Waals surface area contributed by atoms with E-state index < -0.39 is 0 Å². The van der Waals surface area contributed by atoms with Gasteiger partial charge in [0.15, 0.2) is 0 Å². The van der Waals surface area contributed by atoms with Crippen LogP contribution < -0.4 is 0 Å². The molecule has 0 spiro atoms. The first kappa shape index (κ1) is 28.7. The summed E-state index contributed by atoms with van der Waals surface area (Å²) in [6.45, 7) is 0. The molecule has 3 heteroatoms. The number of aromatic nitrogens is 3. The summed E-state index contributed by atoms with van der Waals surface area (Å²) in [6, 6.07) is 55.5. The van der Waals surface area contributed by atoms with E-state index in [1.165, 1.54) is 22.3 Å². The van der Waals surface area contributed by atoms with Crippen LogP contribution in [0.15, 0.2) is 176 Å². The van der Waals surface area contributed by atoms with Gasteiger partial charge in [0.1, 0.15) is 0 Å². The molecule has 0 unspecified atom stereocenters. The summed E-state index contributed by atoms with van der Waals surface area (Å²) in [5.74, 6) is 0. The zero-order chi connectivity index (χ0) is 32.6. The molecule has 9 rings (SSSR count). The summed E-state index contributed by atoms with van der Waals surface area (Å²) in [5, 5.41) is 0. The van der Waals surface area contributed by atoms with Gasteiger partial charge in [0.25, 0.3) is 0 Å². The first-order chi connectivity index (χ1) is 24.3. The predicted molar refractivity (Wildman–Crippen MR) is 201 cm³/mol. The summed E-state index contributed by atoms with van der Waals surface area (Å²) in [7, 11) is 0. The quantitative estimate of drug-likeness (QED) is 0.185. The number of pyridine rings is 3. The third-order valence-electron chi connectivity index (χ3n) is 9.52. The van der Waals surface area contributed by atoms with E-state index in [9.17, 15) is 0 Å². The highest BCUT2D eigenvalue weighted by atomic mass is 14.7. The first-order valence-electron chi connectivity index (χ1n) is 16.7. The van der Waals surface area contributed by atoms with Crippen LogP contribution in [0.1, 0.15) is 11.1 Å². The maximum Gasteiger partial charge on any atom is 0.0794 e. The van der Waals surface area contributed by atoms with Gasteiger partial charge in [-0.2, -0.15) is 0 Å². The van der Waals surface area contributed by atoms with Gasteiger partial charge in [-0.15, -0.1) is 0 Å². The van der Waals surface area contributed by atoms with Crippen molar-refractivity contribution in [1.82, 2.24) is 15.0 Å². The fourth-order valence-electron chi connectivity index (χ4n) is 7.35. The highest BCUT2D eigenvalue weighted by Gasteiger charge is 2.31. The van der Waals surface area contributed by atoms with Gasteiger partial charge in [-0.1, -0.05) is 133 Å². The Morgan fingerprint density at radius 2 is 0.755 bits per heavy atom. The number of hydrogen-bond acceptors (Lipinski definition) is 3. The number of nitrogens with zero attached hydrogens (tertiary/aromatic N) is 3. The molecule has 0 bridgehead atoms. The van der Waals surface area contributed by atoms with Crippen LogP contribution in [0.25, 0.3) is 78.3 Å². The number of hydrogen-bond donors (Lipinski definition) is 0. The summed E-state index contributed by atoms with van der Waals surface area (Å²) in [5.41, 5.74) is 17.6. The third kappa shape index (κ3) is 5.04. The second-order valence-corrected chi connectivity index (χ2v) is 12.3. The van der Waals surface area contributed by atoms with Gasteiger partial charge in [0.05, 0.1) is 17.1 Å². The normalized spacial score (nSPS) is 11.6. The molecule has 0 aliphatic heterocycles. The lowest BCUT2D eigenvalue weighted by Gasteiger charge is -2.23. The van der Waals surface area contributed by atoms with E-state index in [1.807, 2.05) is 36.8 Å². The molecule has 8 aromatic rings. The van der Waals surface area contributed by atoms with E-state index in [0.717, 1.165) is 73.6 Å². The number of benzene rings is 5. The van der Waals surface area contributed by atoms with Gasteiger partial charge in [-0.05, 0) is 69.6 Å². The molecule has 3 aromatic heterocycles. The fraction of sp³-hybridized carbons (Fsp3) is 0.0217. The molecule has 0 amide bonds. The fourth-order valence-corrected chi connectivity index (χ4v) is 7.35. The highest BCUT2D eigenvalue weighted by Crippen LogP contribution is 2.53. The molecule has 0 saturated carbocycles. The summed E-state index contributed by atoms with van der Waals surface area (Å²) in [6.07, 6.45) is 6.53. The van der Waals surface area contributed by atoms with Crippen molar-refractivity contribution in [3.8, 4) is 78.3 Å². The Morgan fingerprint density at radius 3 is 1.31 bits per heavy atom. The molecule has 1 aliphatic rings. The predicted octanol–water partition coefficient (Wildman–Crippen LogP) is 11.4. The van der Waals surface area contributed by atoms with Gasteiger partial charge in [-0.3, -0.25) is 15.0 Å². The van der Waals surface area contributed by atoms with E-state index >= 15 is 0 Å². The molecule has 0 atom stereocenters. The minimum Gasteiger partial charge on any atom is -0.256 e. The monoisotopic (exact) mass is 625 g/mol. The summed E-state index contributed by atoms with van der Waals surface area (Å²) >= 11 is 0. The average molecular weight is 626 g/mol. The molecular formula is C46H31N3. The van der Waals surface area contributed by atoms with Crippen molar-refractivity contribution >= 4 is 0 Å². The van der Waals surface area contributed by atoms with Crippen molar-refractivity contribution in [2.24, 2.45) is 0 Å². The van der Waals surface area contributed by atoms with Gasteiger partial charge in [0, 0.05) is 52.0 Å². The molecule has 3 heterocycles. The molecule has 3 nitrogen and oxygen atoms in total. The molecule has 0 fully saturated rings. The average Bonchev–Trinajstić information content (AvgIpc) is 3.56. The Morgan fingerprint density at radius 1 is 0.327 bits per heavy atom. The van der Waals surface area contributed by atoms with E-state index in [0.29, 0.717) is 0 Å². The number of rotatable bonds is 6. The lowest BCUT2D eigenvalue weighted by Crippen LogP contribution is -2.03. The Bertz CT molecular complexity index is 2450. The van der Waals surface area contributed by atoms with Crippen LogP contribution in [-0.4, -0.2) is 15.0 Å². The second kappa shape index (κ2) is 12.3. The maximum atomic E-state index is 5.22. The van der Waals surface area contributed by atoms with Crippen LogP contribution in [0.2, 0.25) is 0 Å². The van der Waals surface area contributed by atoms with Gasteiger partial charge >= 0.3 is 0 Å². The van der Waals surface area contributed by atoms with Crippen molar-refractivity contribution in [1.29, 1.82) is 0 Å². The van der Waals surface area contributed by atoms with E-state index in [-0.39, 0.29) is 0 Å². The molecule has 230 valence electrons. The minimum atomic E-state index is 0.806. The molecule has 5 aromatic carbocycles. The molecule has 0 saturated heterocycles. The van der Waals surface area contributed by atoms with Crippen LogP contribution in [0.5, 0.6) is 0 Å². The van der Waals surface area contributed by atoms with E-state index in [4.69, 9.17) is 15.0 Å². The van der Waals surface area contributed by atoms with Crippen LogP contribution >= 0.6 is 0 Å². The van der Waals surface area contributed by atoms with Crippen LogP contribution in [-0.2, 0) is 6.42 Å². The highest BCUT2D eigenvalue weighted by molar-refractivity contribution is 6.06. The lowest BCUT2D eigenvalue weighted by molar-refractivity contribution is 1.23. The van der Waals surface area contributed by atoms with Gasteiger partial charge in [0.2, 0.25) is 0 Å². The van der Waals surface area contributed by atoms with Gasteiger partial charge in [-0.25, -0.2) is 0 Å². The van der Waals surface area contributed by atoms with Crippen molar-refractivity contribution in [2.45, 2.75) is 6.42 Å². The molecule has 49 heavy (non-hydrogen) atoms. The Hall–Kier alpha value is -6.45. The lowest BCUT2D eigenvalue weighted by atomic mass is 9.82. The van der Waals surface area contributed by atoms with Crippen molar-refractivity contribution in [3.63, 3.8) is 0 Å². The SMILES string of the molecule is c1ccc(-c2cccnc2-c2cc3c(c(-c4ncccc4-c4ccccc4)c2-c2ncccc2-c2ccccc2)Cc2ccccc2-3)cc1. The van der Waals surface area contributed by atoms with Crippen LogP contribution in [0, 0.1) is 0 Å². The smallest absolute Gasteiger partial charge is 0.0794 e. The standard InChI is InChI=1S/C46H31N3/c1-4-15-31(16-5-1)36-23-12-26-47-44(36)41-30-39-35-22-11-10-21-34(35)29-40(39)42(45-37(24-13-27-48-45)32-17-6-2-7-18-32)43(41)46-38(25-14-28-49-46)33-19-8-3-9-20-33/h1-28,30H,29H2. The zero-order valence-electron chi connectivity index (χ0n) is 26.8. The maximum absolute atomic E-state index is 5.22. The largest absolute Gasteiger partial charge is 0.256 e. The molecule has 1 aliphatic carbocycles. The van der Waals surface area contributed by atoms with Crippen LogP contribution in [0.4, 0.5) is 0 Å². The Balaban J connectivity index is 1.47. The summed E-state index contributed by atoms with van der Waals surface area (Å²) in [4.78, 5) is 15.6. The molecular weight excluding hydrogens is 595 g/mol. The van der Waals surface area contributed by atoms with Crippen molar-refractivity contribution in [3.05, 3.63) is 187 Å². The van der Waals surface area contributed by atoms with Crippen molar-refractivity contribution < 1.29 is 0 Å². The first-order valence-corrected chi connectivity index (χ1v) is 16.7. The minimum absolute atomic E-state index is 0.806. The van der Waals surface area contributed by atoms with E-state index in [2.05, 4.69) is 140 Å². The summed E-state index contributed by atoms with van der Waals surface area (Å²) < 4.78 is 0. The number of fused-ring (bicyclic) bond motifs is 3. The zero-order valence-corrected chi connectivity index (χ0v) is 26.8. The Labute approximate surface area is 286 Å². The molecule has 0 radical (unpaired) electrons. The van der Waals surface area contributed by atoms with Gasteiger partial charge < -0.3 is 0 Å². The van der Waals surface area contributed by atoms with E-state index in [1.54, 1.807) is 0 Å².